The molecule has 0 aliphatic rings. The zero-order valence-electron chi connectivity index (χ0n) is 11.5. The van der Waals surface area contributed by atoms with Crippen molar-refractivity contribution in [1.82, 2.24) is 10.6 Å². The maximum absolute atomic E-state index is 11.1. The minimum atomic E-state index is -0.713. The van der Waals surface area contributed by atoms with Crippen LogP contribution in [0.5, 0.6) is 0 Å². The smallest absolute Gasteiger partial charge is 0.410 e. The van der Waals surface area contributed by atoms with Gasteiger partial charge in [0.15, 0.2) is 6.73 Å². The average molecular weight is 289 g/mol. The summed E-state index contributed by atoms with van der Waals surface area (Å²) in [5.74, 6) is 0. The van der Waals surface area contributed by atoms with Crippen molar-refractivity contribution in [2.75, 3.05) is 33.1 Å². The largest absolute Gasteiger partial charge is 0.447 e. The molecule has 1 atom stereocenters. The predicted octanol–water partition coefficient (Wildman–Crippen LogP) is 0.319. The summed E-state index contributed by atoms with van der Waals surface area (Å²) in [4.78, 5) is 22.0. The highest BCUT2D eigenvalue weighted by atomic mass is 16.6. The van der Waals surface area contributed by atoms with Crippen molar-refractivity contribution < 1.29 is 28.5 Å². The van der Waals surface area contributed by atoms with Crippen LogP contribution >= 0.6 is 0 Å². The monoisotopic (exact) mass is 289 g/mol. The van der Waals surface area contributed by atoms with Crippen LogP contribution in [-0.4, -0.2) is 51.4 Å². The molecule has 9 heteroatoms. The summed E-state index contributed by atoms with van der Waals surface area (Å²) in [6.45, 7) is 4.13. The maximum atomic E-state index is 11.1. The number of nitrogens with one attached hydrogen (secondary N) is 2. The van der Waals surface area contributed by atoms with Crippen molar-refractivity contribution in [3.63, 3.8) is 0 Å². The van der Waals surface area contributed by atoms with Crippen LogP contribution in [0.1, 0.15) is 13.8 Å². The Labute approximate surface area is 117 Å². The van der Waals surface area contributed by atoms with E-state index in [0.717, 1.165) is 0 Å². The summed E-state index contributed by atoms with van der Waals surface area (Å²) >= 11 is 0. The van der Waals surface area contributed by atoms with E-state index in [1.54, 1.807) is 13.8 Å². The maximum Gasteiger partial charge on any atom is 0.410 e. The van der Waals surface area contributed by atoms with Crippen molar-refractivity contribution in [2.45, 2.75) is 20.0 Å². The normalized spacial score (nSPS) is 10.8. The molecule has 0 radical (unpaired) electrons. The van der Waals surface area contributed by atoms with Gasteiger partial charge < -0.3 is 24.3 Å². The van der Waals surface area contributed by atoms with Gasteiger partial charge in [-0.25, -0.2) is 9.59 Å². The number of nitriles is 1. The molecule has 9 nitrogen and oxygen atoms in total. The molecule has 114 valence electrons. The topological polar surface area (TPSA) is 119 Å². The fraction of sp³-hybridized carbons (Fsp3) is 0.727. The first-order valence-corrected chi connectivity index (χ1v) is 6.03. The van der Waals surface area contributed by atoms with Gasteiger partial charge in [0.1, 0.15) is 12.7 Å². The number of carbonyl (C=O) groups excluding carboxylic acids is 2. The Kier molecular flexibility index (Phi) is 10.5. The molecule has 0 aromatic carbocycles. The molecule has 1 unspecified atom stereocenters. The molecule has 0 aromatic rings. The van der Waals surface area contributed by atoms with Gasteiger partial charge in [0.05, 0.1) is 13.2 Å². The highest BCUT2D eigenvalue weighted by Crippen LogP contribution is 1.93. The van der Waals surface area contributed by atoms with Crippen molar-refractivity contribution in [2.24, 2.45) is 0 Å². The van der Waals surface area contributed by atoms with E-state index in [2.05, 4.69) is 15.4 Å². The minimum Gasteiger partial charge on any atom is -0.447 e. The molecule has 0 aliphatic carbocycles. The SMILES string of the molecule is CCNC(=O)OCCOCC(C)OC(=O)NCOC#N. The summed E-state index contributed by atoms with van der Waals surface area (Å²) in [5, 5.41) is 12.7. The van der Waals surface area contributed by atoms with Gasteiger partial charge in [0, 0.05) is 6.54 Å². The van der Waals surface area contributed by atoms with Gasteiger partial charge in [0.25, 0.3) is 6.26 Å². The fourth-order valence-electron chi connectivity index (χ4n) is 1.02. The molecule has 0 aromatic heterocycles. The fourth-order valence-corrected chi connectivity index (χ4v) is 1.02. The molecule has 2 N–H and O–H groups in total. The van der Waals surface area contributed by atoms with Gasteiger partial charge in [0.2, 0.25) is 0 Å². The molecule has 0 heterocycles. The van der Waals surface area contributed by atoms with Gasteiger partial charge in [-0.3, -0.25) is 5.32 Å². The number of nitrogens with zero attached hydrogens (tertiary/aromatic N) is 1. The van der Waals surface area contributed by atoms with Crippen LogP contribution < -0.4 is 10.6 Å². The lowest BCUT2D eigenvalue weighted by molar-refractivity contribution is 0.0114. The van der Waals surface area contributed by atoms with Crippen molar-refractivity contribution >= 4 is 12.2 Å². The number of ether oxygens (including phenoxy) is 4. The van der Waals surface area contributed by atoms with Crippen LogP contribution in [0.4, 0.5) is 9.59 Å². The third-order valence-corrected chi connectivity index (χ3v) is 1.80. The second-order valence-electron chi connectivity index (χ2n) is 3.51. The Bertz CT molecular complexity index is 331. The molecule has 2 amide bonds. The standard InChI is InChI=1S/C11H19N3O6/c1-3-13-10(15)19-5-4-17-6-9(2)20-11(16)14-8-18-7-12/h9H,3-6,8H2,1-2H3,(H,13,15)(H,14,16). The van der Waals surface area contributed by atoms with Gasteiger partial charge >= 0.3 is 12.2 Å². The highest BCUT2D eigenvalue weighted by molar-refractivity contribution is 5.67. The van der Waals surface area contributed by atoms with Crippen LogP contribution in [-0.2, 0) is 18.9 Å². The van der Waals surface area contributed by atoms with Crippen LogP contribution in [0.25, 0.3) is 0 Å². The summed E-state index contributed by atoms with van der Waals surface area (Å²) < 4.78 is 19.1. The molecule has 0 bridgehead atoms. The second-order valence-corrected chi connectivity index (χ2v) is 3.51. The van der Waals surface area contributed by atoms with E-state index in [1.165, 1.54) is 6.26 Å². The molecular weight excluding hydrogens is 270 g/mol. The second kappa shape index (κ2) is 11.9. The molecule has 0 fully saturated rings. The zero-order chi connectivity index (χ0) is 15.2. The molecule has 0 saturated carbocycles. The number of rotatable bonds is 9. The Balaban J connectivity index is 3.49. The highest BCUT2D eigenvalue weighted by Gasteiger charge is 2.09. The van der Waals surface area contributed by atoms with E-state index < -0.39 is 18.3 Å². The quantitative estimate of drug-likeness (QED) is 0.356. The van der Waals surface area contributed by atoms with Crippen LogP contribution in [0.15, 0.2) is 0 Å². The van der Waals surface area contributed by atoms with Crippen molar-refractivity contribution in [1.29, 1.82) is 5.26 Å². The van der Waals surface area contributed by atoms with E-state index in [1.807, 2.05) is 0 Å². The first kappa shape index (κ1) is 17.8. The van der Waals surface area contributed by atoms with Crippen molar-refractivity contribution in [3.05, 3.63) is 0 Å². The van der Waals surface area contributed by atoms with Crippen LogP contribution in [0.2, 0.25) is 0 Å². The van der Waals surface area contributed by atoms with E-state index in [0.29, 0.717) is 6.54 Å². The Morgan fingerprint density at radius 2 is 2.00 bits per heavy atom. The van der Waals surface area contributed by atoms with E-state index in [-0.39, 0.29) is 26.6 Å². The van der Waals surface area contributed by atoms with E-state index >= 15 is 0 Å². The Hall–Kier alpha value is -2.21. The summed E-state index contributed by atoms with van der Waals surface area (Å²) in [7, 11) is 0. The van der Waals surface area contributed by atoms with Gasteiger partial charge in [-0.2, -0.15) is 5.26 Å². The summed E-state index contributed by atoms with van der Waals surface area (Å²) in [6, 6.07) is 0. The lowest BCUT2D eigenvalue weighted by Crippen LogP contribution is -2.31. The summed E-state index contributed by atoms with van der Waals surface area (Å²) in [5.41, 5.74) is 0. The number of amides is 2. The average Bonchev–Trinajstić information content (AvgIpc) is 2.39. The predicted molar refractivity (Wildman–Crippen MR) is 66.5 cm³/mol. The molecule has 0 saturated heterocycles. The number of carbonyl (C=O) groups is 2. The van der Waals surface area contributed by atoms with Crippen LogP contribution in [0, 0.1) is 11.5 Å². The third kappa shape index (κ3) is 10.9. The Morgan fingerprint density at radius 1 is 1.25 bits per heavy atom. The lowest BCUT2D eigenvalue weighted by Gasteiger charge is -2.13. The first-order valence-electron chi connectivity index (χ1n) is 6.03. The van der Waals surface area contributed by atoms with E-state index in [4.69, 9.17) is 19.5 Å². The molecule has 0 rings (SSSR count). The van der Waals surface area contributed by atoms with Crippen LogP contribution in [0.3, 0.4) is 0 Å². The lowest BCUT2D eigenvalue weighted by atomic mass is 10.4. The molecule has 0 aliphatic heterocycles. The van der Waals surface area contributed by atoms with Gasteiger partial charge in [-0.15, -0.1) is 0 Å². The van der Waals surface area contributed by atoms with Gasteiger partial charge in [-0.05, 0) is 13.8 Å². The Morgan fingerprint density at radius 3 is 2.65 bits per heavy atom. The number of alkyl carbamates (subject to hydrolysis) is 2. The van der Waals surface area contributed by atoms with Crippen molar-refractivity contribution in [3.8, 4) is 6.26 Å². The zero-order valence-corrected chi connectivity index (χ0v) is 11.5. The van der Waals surface area contributed by atoms with Gasteiger partial charge in [-0.1, -0.05) is 0 Å². The first-order chi connectivity index (χ1) is 9.60. The number of hydrogen-bond acceptors (Lipinski definition) is 7. The molecule has 0 spiro atoms. The molecular formula is C11H19N3O6. The molecule has 20 heavy (non-hydrogen) atoms. The number of hydrogen-bond donors (Lipinski definition) is 2. The third-order valence-electron chi connectivity index (χ3n) is 1.80. The minimum absolute atomic E-state index is 0.112. The summed E-state index contributed by atoms with van der Waals surface area (Å²) in [6.07, 6.45) is -0.299. The van der Waals surface area contributed by atoms with E-state index in [9.17, 15) is 9.59 Å².